The van der Waals surface area contributed by atoms with Crippen molar-refractivity contribution in [1.82, 2.24) is 5.32 Å². The summed E-state index contributed by atoms with van der Waals surface area (Å²) < 4.78 is 0. The molecule has 0 atom stereocenters. The fourth-order valence-corrected chi connectivity index (χ4v) is 3.23. The number of fused-ring (bicyclic) bond motifs is 2. The molecule has 1 aliphatic heterocycles. The Morgan fingerprint density at radius 1 is 0.850 bits per heavy atom. The number of Topliss-reactive ketones (excluding diaryl/α,β-unsaturated/α-hetero) is 1. The first-order valence-corrected chi connectivity index (χ1v) is 7.02. The zero-order valence-electron chi connectivity index (χ0n) is 11.1. The Bertz CT molecular complexity index is 743. The van der Waals surface area contributed by atoms with E-state index in [2.05, 4.69) is 35.6 Å². The number of hydrogen-bond donors (Lipinski definition) is 1. The maximum Gasteiger partial charge on any atom is 0.167 e. The van der Waals surface area contributed by atoms with Gasteiger partial charge in [0.05, 0.1) is 0 Å². The van der Waals surface area contributed by atoms with E-state index in [4.69, 9.17) is 0 Å². The fourth-order valence-electron chi connectivity index (χ4n) is 3.23. The van der Waals surface area contributed by atoms with Gasteiger partial charge in [0.2, 0.25) is 0 Å². The molecule has 4 rings (SSSR count). The molecule has 0 unspecified atom stereocenters. The lowest BCUT2D eigenvalue weighted by Crippen LogP contribution is -2.23. The molecule has 2 heteroatoms. The molecular weight excluding hydrogens is 246 g/mol. The molecule has 98 valence electrons. The first-order valence-electron chi connectivity index (χ1n) is 7.02. The summed E-state index contributed by atoms with van der Waals surface area (Å²) in [5.41, 5.74) is 6.86. The van der Waals surface area contributed by atoms with E-state index in [1.807, 2.05) is 18.2 Å². The Morgan fingerprint density at radius 3 is 2.40 bits per heavy atom. The Morgan fingerprint density at radius 2 is 1.55 bits per heavy atom. The van der Waals surface area contributed by atoms with Crippen molar-refractivity contribution in [3.8, 4) is 0 Å². The molecule has 0 saturated heterocycles. The molecule has 0 fully saturated rings. The van der Waals surface area contributed by atoms with Gasteiger partial charge >= 0.3 is 0 Å². The van der Waals surface area contributed by atoms with E-state index < -0.39 is 0 Å². The van der Waals surface area contributed by atoms with Gasteiger partial charge in [-0.3, -0.25) is 4.79 Å². The molecule has 0 bridgehead atoms. The van der Waals surface area contributed by atoms with Crippen LogP contribution in [0.3, 0.4) is 0 Å². The summed E-state index contributed by atoms with van der Waals surface area (Å²) in [5, 5.41) is 3.51. The highest BCUT2D eigenvalue weighted by Gasteiger charge is 2.28. The third kappa shape index (κ3) is 1.61. The molecule has 0 radical (unpaired) electrons. The van der Waals surface area contributed by atoms with Crippen LogP contribution in [-0.4, -0.2) is 12.3 Å². The van der Waals surface area contributed by atoms with Crippen molar-refractivity contribution < 1.29 is 4.79 Å². The average Bonchev–Trinajstić information content (AvgIpc) is 2.84. The summed E-state index contributed by atoms with van der Waals surface area (Å²) in [5.74, 6) is 0.230. The van der Waals surface area contributed by atoms with Crippen LogP contribution in [-0.2, 0) is 6.42 Å². The monoisotopic (exact) mass is 261 g/mol. The number of hydrogen-bond acceptors (Lipinski definition) is 2. The van der Waals surface area contributed by atoms with Crippen LogP contribution < -0.4 is 5.32 Å². The molecule has 2 nitrogen and oxygen atoms in total. The van der Waals surface area contributed by atoms with Crippen LogP contribution in [0.1, 0.15) is 33.5 Å². The number of benzene rings is 2. The molecule has 0 spiro atoms. The van der Waals surface area contributed by atoms with Crippen LogP contribution in [0.4, 0.5) is 0 Å². The van der Waals surface area contributed by atoms with Gasteiger partial charge in [-0.25, -0.2) is 0 Å². The summed E-state index contributed by atoms with van der Waals surface area (Å²) in [7, 11) is 0. The Hall–Kier alpha value is -2.35. The highest BCUT2D eigenvalue weighted by molar-refractivity contribution is 6.16. The quantitative estimate of drug-likeness (QED) is 0.788. The maximum absolute atomic E-state index is 12.2. The third-order valence-electron chi connectivity index (χ3n) is 4.17. The molecule has 1 heterocycles. The van der Waals surface area contributed by atoms with Gasteiger partial charge in [0.15, 0.2) is 5.78 Å². The lowest BCUT2D eigenvalue weighted by molar-refractivity contribution is 0.100. The average molecular weight is 261 g/mol. The lowest BCUT2D eigenvalue weighted by Gasteiger charge is -2.23. The van der Waals surface area contributed by atoms with Gasteiger partial charge in [-0.15, -0.1) is 0 Å². The van der Waals surface area contributed by atoms with Crippen molar-refractivity contribution in [3.05, 3.63) is 70.8 Å². The highest BCUT2D eigenvalue weighted by Crippen LogP contribution is 2.38. The Balaban J connectivity index is 1.96. The van der Waals surface area contributed by atoms with Crippen LogP contribution in [0.15, 0.2) is 48.5 Å². The van der Waals surface area contributed by atoms with Crippen molar-refractivity contribution in [2.45, 2.75) is 12.8 Å². The SMILES string of the molecule is O=C1C/C(=C2\NCCc3ccccc32)c2ccccc21. The highest BCUT2D eigenvalue weighted by atomic mass is 16.1. The van der Waals surface area contributed by atoms with Crippen molar-refractivity contribution in [2.24, 2.45) is 0 Å². The summed E-state index contributed by atoms with van der Waals surface area (Å²) in [6.07, 6.45) is 1.55. The molecule has 2 aliphatic rings. The Labute approximate surface area is 118 Å². The van der Waals surface area contributed by atoms with E-state index in [-0.39, 0.29) is 5.78 Å². The zero-order chi connectivity index (χ0) is 13.5. The third-order valence-corrected chi connectivity index (χ3v) is 4.17. The predicted molar refractivity (Wildman–Crippen MR) is 80.4 cm³/mol. The van der Waals surface area contributed by atoms with Gasteiger partial charge in [0, 0.05) is 29.8 Å². The maximum atomic E-state index is 12.2. The second-order valence-corrected chi connectivity index (χ2v) is 5.33. The van der Waals surface area contributed by atoms with E-state index in [1.165, 1.54) is 11.1 Å². The van der Waals surface area contributed by atoms with Gasteiger partial charge in [0.1, 0.15) is 0 Å². The minimum atomic E-state index is 0.230. The summed E-state index contributed by atoms with van der Waals surface area (Å²) in [6, 6.07) is 16.4. The van der Waals surface area contributed by atoms with E-state index in [9.17, 15) is 4.79 Å². The van der Waals surface area contributed by atoms with Crippen molar-refractivity contribution in [2.75, 3.05) is 6.54 Å². The summed E-state index contributed by atoms with van der Waals surface area (Å²) in [6.45, 7) is 0.937. The van der Waals surface area contributed by atoms with Gasteiger partial charge in [-0.05, 0) is 23.1 Å². The molecule has 2 aromatic rings. The molecule has 0 aromatic heterocycles. The minimum Gasteiger partial charge on any atom is -0.384 e. The van der Waals surface area contributed by atoms with E-state index in [0.717, 1.165) is 35.4 Å². The van der Waals surface area contributed by atoms with Crippen molar-refractivity contribution in [3.63, 3.8) is 0 Å². The molecule has 0 saturated carbocycles. The van der Waals surface area contributed by atoms with Crippen molar-refractivity contribution in [1.29, 1.82) is 0 Å². The van der Waals surface area contributed by atoms with Crippen LogP contribution in [0.25, 0.3) is 11.3 Å². The smallest absolute Gasteiger partial charge is 0.167 e. The first-order chi connectivity index (χ1) is 9.84. The van der Waals surface area contributed by atoms with E-state index in [1.54, 1.807) is 0 Å². The predicted octanol–water partition coefficient (Wildman–Crippen LogP) is 3.29. The fraction of sp³-hybridized carbons (Fsp3) is 0.167. The lowest BCUT2D eigenvalue weighted by atomic mass is 9.93. The second kappa shape index (κ2) is 4.34. The topological polar surface area (TPSA) is 29.1 Å². The zero-order valence-corrected chi connectivity index (χ0v) is 11.1. The molecule has 1 N–H and O–H groups in total. The number of allylic oxidation sites excluding steroid dienone is 1. The summed E-state index contributed by atoms with van der Waals surface area (Å²) >= 11 is 0. The van der Waals surface area contributed by atoms with Crippen LogP contribution in [0.2, 0.25) is 0 Å². The second-order valence-electron chi connectivity index (χ2n) is 5.33. The number of rotatable bonds is 0. The molecule has 0 amide bonds. The van der Waals surface area contributed by atoms with Crippen molar-refractivity contribution >= 4 is 17.1 Å². The van der Waals surface area contributed by atoms with Crippen LogP contribution in [0, 0.1) is 0 Å². The molecular formula is C18H15NO. The van der Waals surface area contributed by atoms with E-state index >= 15 is 0 Å². The van der Waals surface area contributed by atoms with Crippen LogP contribution >= 0.6 is 0 Å². The number of ketones is 1. The number of carbonyl (C=O) groups is 1. The van der Waals surface area contributed by atoms with Gasteiger partial charge in [-0.1, -0.05) is 48.5 Å². The standard InChI is InChI=1S/C18H15NO/c20-17-11-16(14-7-3-4-8-15(14)17)18-13-6-2-1-5-12(13)9-10-19-18/h1-8,19H,9-11H2/b18-16+. The van der Waals surface area contributed by atoms with Crippen LogP contribution in [0.5, 0.6) is 0 Å². The molecule has 1 aliphatic carbocycles. The van der Waals surface area contributed by atoms with Gasteiger partial charge in [-0.2, -0.15) is 0 Å². The molecule has 2 aromatic carbocycles. The van der Waals surface area contributed by atoms with Gasteiger partial charge < -0.3 is 5.32 Å². The largest absolute Gasteiger partial charge is 0.384 e. The number of carbonyl (C=O) groups excluding carboxylic acids is 1. The normalized spacial score (nSPS) is 20.3. The Kier molecular flexibility index (Phi) is 2.49. The first kappa shape index (κ1) is 11.5. The van der Waals surface area contributed by atoms with Gasteiger partial charge in [0.25, 0.3) is 0 Å². The minimum absolute atomic E-state index is 0.230. The summed E-state index contributed by atoms with van der Waals surface area (Å²) in [4.78, 5) is 12.2. The number of nitrogens with one attached hydrogen (secondary N) is 1. The molecule has 20 heavy (non-hydrogen) atoms. The van der Waals surface area contributed by atoms with E-state index in [0.29, 0.717) is 6.42 Å².